The van der Waals surface area contributed by atoms with Gasteiger partial charge in [-0.1, -0.05) is 18.9 Å². The van der Waals surface area contributed by atoms with Crippen LogP contribution >= 0.6 is 0 Å². The Morgan fingerprint density at radius 1 is 1.00 bits per heavy atom. The van der Waals surface area contributed by atoms with Crippen molar-refractivity contribution < 1.29 is 9.59 Å². The molecule has 0 aromatic rings. The number of hydrogen-bond acceptors (Lipinski definition) is 2. The van der Waals surface area contributed by atoms with E-state index in [9.17, 15) is 9.59 Å². The Labute approximate surface area is 128 Å². The zero-order valence-electron chi connectivity index (χ0n) is 13.0. The lowest BCUT2D eigenvalue weighted by molar-refractivity contribution is -0.138. The van der Waals surface area contributed by atoms with Gasteiger partial charge in [0.2, 0.25) is 11.8 Å². The number of carbonyl (C=O) groups is 2. The molecule has 0 bridgehead atoms. The zero-order chi connectivity index (χ0) is 15.1. The van der Waals surface area contributed by atoms with Crippen LogP contribution in [0.25, 0.3) is 0 Å². The monoisotopic (exact) mass is 292 g/mol. The number of hydrogen-bond donors (Lipinski definition) is 1. The Morgan fingerprint density at radius 3 is 2.14 bits per heavy atom. The molecular weight excluding hydrogens is 264 g/mol. The molecule has 0 unspecified atom stereocenters. The Kier molecular flexibility index (Phi) is 6.27. The van der Waals surface area contributed by atoms with Gasteiger partial charge in [0.25, 0.3) is 0 Å². The molecule has 2 aliphatic rings. The third-order valence-electron chi connectivity index (χ3n) is 4.79. The van der Waals surface area contributed by atoms with Crippen molar-refractivity contribution in [3.8, 4) is 0 Å². The van der Waals surface area contributed by atoms with Crippen LogP contribution in [0.15, 0.2) is 12.7 Å². The van der Waals surface area contributed by atoms with Crippen molar-refractivity contribution in [2.24, 2.45) is 11.8 Å². The van der Waals surface area contributed by atoms with E-state index in [4.69, 9.17) is 0 Å². The molecule has 0 radical (unpaired) electrons. The SMILES string of the molecule is C=CCNC(=O)C1CCC(C(=O)N2CCCCCC2)CC1. The minimum atomic E-state index is 0.0816. The second-order valence-corrected chi connectivity index (χ2v) is 6.32. The van der Waals surface area contributed by atoms with E-state index < -0.39 is 0 Å². The van der Waals surface area contributed by atoms with Gasteiger partial charge in [-0.3, -0.25) is 9.59 Å². The van der Waals surface area contributed by atoms with Crippen LogP contribution in [-0.2, 0) is 9.59 Å². The van der Waals surface area contributed by atoms with Crippen molar-refractivity contribution in [3.05, 3.63) is 12.7 Å². The van der Waals surface area contributed by atoms with E-state index in [1.54, 1.807) is 6.08 Å². The van der Waals surface area contributed by atoms with Crippen molar-refractivity contribution in [3.63, 3.8) is 0 Å². The first-order valence-electron chi connectivity index (χ1n) is 8.39. The van der Waals surface area contributed by atoms with Gasteiger partial charge >= 0.3 is 0 Å². The van der Waals surface area contributed by atoms with Crippen molar-refractivity contribution in [2.75, 3.05) is 19.6 Å². The van der Waals surface area contributed by atoms with E-state index >= 15 is 0 Å². The van der Waals surface area contributed by atoms with E-state index in [1.165, 1.54) is 12.8 Å². The number of amides is 2. The summed E-state index contributed by atoms with van der Waals surface area (Å²) in [5.74, 6) is 0.683. The molecule has 118 valence electrons. The Morgan fingerprint density at radius 2 is 1.57 bits per heavy atom. The average Bonchev–Trinajstić information content (AvgIpc) is 2.81. The highest BCUT2D eigenvalue weighted by molar-refractivity contribution is 5.81. The number of carbonyl (C=O) groups excluding carboxylic acids is 2. The molecule has 1 aliphatic carbocycles. The second kappa shape index (κ2) is 8.20. The van der Waals surface area contributed by atoms with Gasteiger partial charge in [-0.05, 0) is 38.5 Å². The topological polar surface area (TPSA) is 49.4 Å². The third-order valence-corrected chi connectivity index (χ3v) is 4.79. The predicted molar refractivity (Wildman–Crippen MR) is 83.7 cm³/mol. The molecule has 0 spiro atoms. The Bertz CT molecular complexity index is 365. The van der Waals surface area contributed by atoms with Crippen molar-refractivity contribution >= 4 is 11.8 Å². The normalized spacial score (nSPS) is 26.8. The lowest BCUT2D eigenvalue weighted by Gasteiger charge is -2.31. The first-order valence-corrected chi connectivity index (χ1v) is 8.39. The highest BCUT2D eigenvalue weighted by atomic mass is 16.2. The molecule has 1 saturated heterocycles. The Balaban J connectivity index is 1.78. The standard InChI is InChI=1S/C17H28N2O2/c1-2-11-18-16(20)14-7-9-15(10-8-14)17(21)19-12-5-3-4-6-13-19/h2,14-15H,1,3-13H2,(H,18,20). The maximum atomic E-state index is 12.6. The zero-order valence-corrected chi connectivity index (χ0v) is 13.0. The largest absolute Gasteiger partial charge is 0.352 e. The molecular formula is C17H28N2O2. The minimum absolute atomic E-state index is 0.0816. The summed E-state index contributed by atoms with van der Waals surface area (Å²) in [4.78, 5) is 26.6. The van der Waals surface area contributed by atoms with Gasteiger partial charge in [-0.25, -0.2) is 0 Å². The summed E-state index contributed by atoms with van der Waals surface area (Å²) < 4.78 is 0. The predicted octanol–water partition coefficient (Wildman–Crippen LogP) is 2.50. The van der Waals surface area contributed by atoms with E-state index in [0.717, 1.165) is 51.6 Å². The van der Waals surface area contributed by atoms with Crippen LogP contribution in [0.1, 0.15) is 51.4 Å². The summed E-state index contributed by atoms with van der Waals surface area (Å²) in [7, 11) is 0. The van der Waals surface area contributed by atoms with E-state index in [2.05, 4.69) is 16.8 Å². The Hall–Kier alpha value is -1.32. The van der Waals surface area contributed by atoms with E-state index in [1.807, 2.05) is 0 Å². The maximum absolute atomic E-state index is 12.6. The molecule has 21 heavy (non-hydrogen) atoms. The molecule has 2 fully saturated rings. The van der Waals surface area contributed by atoms with Crippen LogP contribution in [0.4, 0.5) is 0 Å². The smallest absolute Gasteiger partial charge is 0.225 e. The van der Waals surface area contributed by atoms with Gasteiger partial charge in [0.15, 0.2) is 0 Å². The van der Waals surface area contributed by atoms with Crippen LogP contribution in [-0.4, -0.2) is 36.3 Å². The number of nitrogens with one attached hydrogen (secondary N) is 1. The van der Waals surface area contributed by atoms with E-state index in [0.29, 0.717) is 12.5 Å². The molecule has 2 rings (SSSR count). The fourth-order valence-electron chi connectivity index (χ4n) is 3.47. The first-order chi connectivity index (χ1) is 10.2. The molecule has 0 aromatic heterocycles. The fourth-order valence-corrected chi connectivity index (χ4v) is 3.47. The molecule has 1 saturated carbocycles. The molecule has 4 nitrogen and oxygen atoms in total. The van der Waals surface area contributed by atoms with Gasteiger partial charge in [0, 0.05) is 31.5 Å². The molecule has 1 aliphatic heterocycles. The van der Waals surface area contributed by atoms with Gasteiger partial charge in [-0.15, -0.1) is 6.58 Å². The maximum Gasteiger partial charge on any atom is 0.225 e. The van der Waals surface area contributed by atoms with Crippen LogP contribution in [0.5, 0.6) is 0 Å². The van der Waals surface area contributed by atoms with Crippen LogP contribution < -0.4 is 5.32 Å². The lowest BCUT2D eigenvalue weighted by atomic mass is 9.81. The van der Waals surface area contributed by atoms with Gasteiger partial charge in [0.1, 0.15) is 0 Å². The summed E-state index contributed by atoms with van der Waals surface area (Å²) in [6.45, 7) is 6.00. The summed E-state index contributed by atoms with van der Waals surface area (Å²) in [6, 6.07) is 0. The van der Waals surface area contributed by atoms with E-state index in [-0.39, 0.29) is 17.7 Å². The van der Waals surface area contributed by atoms with Crippen molar-refractivity contribution in [2.45, 2.75) is 51.4 Å². The average molecular weight is 292 g/mol. The third kappa shape index (κ3) is 4.58. The molecule has 2 amide bonds. The number of likely N-dealkylation sites (tertiary alicyclic amines) is 1. The van der Waals surface area contributed by atoms with Crippen molar-refractivity contribution in [1.82, 2.24) is 10.2 Å². The van der Waals surface area contributed by atoms with Crippen molar-refractivity contribution in [1.29, 1.82) is 0 Å². The molecule has 0 atom stereocenters. The molecule has 1 N–H and O–H groups in total. The molecule has 0 aromatic carbocycles. The highest BCUT2D eigenvalue weighted by Gasteiger charge is 2.32. The van der Waals surface area contributed by atoms with Gasteiger partial charge in [0.05, 0.1) is 0 Å². The summed E-state index contributed by atoms with van der Waals surface area (Å²) >= 11 is 0. The van der Waals surface area contributed by atoms with Crippen LogP contribution in [0, 0.1) is 11.8 Å². The highest BCUT2D eigenvalue weighted by Crippen LogP contribution is 2.30. The van der Waals surface area contributed by atoms with Gasteiger partial charge in [-0.2, -0.15) is 0 Å². The minimum Gasteiger partial charge on any atom is -0.352 e. The molecule has 1 heterocycles. The van der Waals surface area contributed by atoms with Crippen LogP contribution in [0.2, 0.25) is 0 Å². The van der Waals surface area contributed by atoms with Crippen LogP contribution in [0.3, 0.4) is 0 Å². The first kappa shape index (κ1) is 16.1. The summed E-state index contributed by atoms with van der Waals surface area (Å²) in [6.07, 6.45) is 9.89. The molecule has 4 heteroatoms. The quantitative estimate of drug-likeness (QED) is 0.809. The summed E-state index contributed by atoms with van der Waals surface area (Å²) in [5.41, 5.74) is 0. The number of nitrogens with zero attached hydrogens (tertiary/aromatic N) is 1. The summed E-state index contributed by atoms with van der Waals surface area (Å²) in [5, 5.41) is 2.87. The number of rotatable bonds is 4. The lowest BCUT2D eigenvalue weighted by Crippen LogP contribution is -2.40. The fraction of sp³-hybridized carbons (Fsp3) is 0.765. The second-order valence-electron chi connectivity index (χ2n) is 6.32. The van der Waals surface area contributed by atoms with Gasteiger partial charge < -0.3 is 10.2 Å².